The van der Waals surface area contributed by atoms with Crippen molar-refractivity contribution in [3.05, 3.63) is 18.0 Å². The first-order chi connectivity index (χ1) is 10.3. The Kier molecular flexibility index (Phi) is 4.73. The maximum atomic E-state index is 12.0. The molecule has 1 aliphatic rings. The number of hydrogen-bond acceptors (Lipinski definition) is 5. The molecule has 1 amide bonds. The fraction of sp³-hybridized carbons (Fsp3) is 0.667. The summed E-state index contributed by atoms with van der Waals surface area (Å²) in [6, 6.07) is 1.82. The van der Waals surface area contributed by atoms with Gasteiger partial charge in [-0.2, -0.15) is 5.10 Å². The topological polar surface area (TPSA) is 73.7 Å². The van der Waals surface area contributed by atoms with Crippen LogP contribution in [0.1, 0.15) is 50.1 Å². The second-order valence-corrected chi connectivity index (χ2v) is 6.37. The van der Waals surface area contributed by atoms with Gasteiger partial charge in [0.25, 0.3) is 0 Å². The average Bonchev–Trinajstić information content (AvgIpc) is 2.94. The average molecular weight is 309 g/mol. The first-order valence-electron chi connectivity index (χ1n) is 7.41. The number of aromatic nitrogens is 2. The first kappa shape index (κ1) is 16.3. The van der Waals surface area contributed by atoms with Crippen molar-refractivity contribution in [1.82, 2.24) is 14.7 Å². The second-order valence-electron chi connectivity index (χ2n) is 6.37. The molecule has 0 atom stereocenters. The van der Waals surface area contributed by atoms with Crippen LogP contribution < -0.4 is 0 Å². The molecule has 0 aliphatic carbocycles. The number of carbonyl (C=O) groups is 2. The van der Waals surface area contributed by atoms with Gasteiger partial charge in [-0.15, -0.1) is 0 Å². The van der Waals surface area contributed by atoms with E-state index in [-0.39, 0.29) is 12.1 Å². The zero-order chi connectivity index (χ0) is 16.3. The summed E-state index contributed by atoms with van der Waals surface area (Å²) in [6.45, 7) is 6.81. The molecule has 0 N–H and O–H groups in total. The maximum Gasteiger partial charge on any atom is 0.410 e. The van der Waals surface area contributed by atoms with Gasteiger partial charge in [0, 0.05) is 19.3 Å². The van der Waals surface area contributed by atoms with E-state index in [1.807, 2.05) is 20.8 Å². The fourth-order valence-corrected chi connectivity index (χ4v) is 2.39. The zero-order valence-electron chi connectivity index (χ0n) is 13.5. The third kappa shape index (κ3) is 3.99. The lowest BCUT2D eigenvalue weighted by Gasteiger charge is -2.33. The van der Waals surface area contributed by atoms with Gasteiger partial charge in [-0.1, -0.05) is 0 Å². The Balaban J connectivity index is 1.91. The number of hydrogen-bond donors (Lipinski definition) is 0. The van der Waals surface area contributed by atoms with Crippen LogP contribution in [0.3, 0.4) is 0 Å². The van der Waals surface area contributed by atoms with Crippen LogP contribution in [0.4, 0.5) is 4.79 Å². The van der Waals surface area contributed by atoms with E-state index < -0.39 is 11.6 Å². The molecule has 22 heavy (non-hydrogen) atoms. The molecule has 1 saturated heterocycles. The number of amides is 1. The molecule has 122 valence electrons. The molecule has 7 heteroatoms. The van der Waals surface area contributed by atoms with E-state index in [4.69, 9.17) is 4.74 Å². The number of ether oxygens (including phenoxy) is 2. The normalized spacial score (nSPS) is 16.5. The van der Waals surface area contributed by atoms with Gasteiger partial charge in [-0.05, 0) is 39.7 Å². The Bertz CT molecular complexity index is 539. The van der Waals surface area contributed by atoms with Gasteiger partial charge in [-0.3, -0.25) is 4.68 Å². The van der Waals surface area contributed by atoms with E-state index in [0.29, 0.717) is 18.8 Å². The van der Waals surface area contributed by atoms with Crippen LogP contribution in [-0.2, 0) is 9.47 Å². The highest BCUT2D eigenvalue weighted by Crippen LogP contribution is 2.23. The molecule has 7 nitrogen and oxygen atoms in total. The van der Waals surface area contributed by atoms with Crippen LogP contribution in [0.15, 0.2) is 12.3 Å². The van der Waals surface area contributed by atoms with E-state index in [9.17, 15) is 9.59 Å². The highest BCUT2D eigenvalue weighted by Gasteiger charge is 2.28. The molecule has 0 unspecified atom stereocenters. The van der Waals surface area contributed by atoms with Crippen LogP contribution in [0.5, 0.6) is 0 Å². The lowest BCUT2D eigenvalue weighted by atomic mass is 10.1. The Hall–Kier alpha value is -2.05. The summed E-state index contributed by atoms with van der Waals surface area (Å²) >= 11 is 0. The summed E-state index contributed by atoms with van der Waals surface area (Å²) in [7, 11) is 1.33. The fourth-order valence-electron chi connectivity index (χ4n) is 2.39. The second kappa shape index (κ2) is 6.37. The Morgan fingerprint density at radius 3 is 2.45 bits per heavy atom. The Morgan fingerprint density at radius 2 is 1.91 bits per heavy atom. The smallest absolute Gasteiger partial charge is 0.410 e. The standard InChI is InChI=1S/C15H23N3O4/c1-15(2,3)22-14(20)17-8-5-11(6-9-17)18-10-7-12(16-18)13(19)21-4/h7,10-11H,5-6,8-9H2,1-4H3. The molecule has 0 radical (unpaired) electrons. The summed E-state index contributed by atoms with van der Waals surface area (Å²) in [5.41, 5.74) is -0.178. The Morgan fingerprint density at radius 1 is 1.27 bits per heavy atom. The van der Waals surface area contributed by atoms with Gasteiger partial charge in [-0.25, -0.2) is 9.59 Å². The summed E-state index contributed by atoms with van der Waals surface area (Å²) in [4.78, 5) is 25.1. The van der Waals surface area contributed by atoms with Gasteiger partial charge in [0.1, 0.15) is 5.60 Å². The minimum atomic E-state index is -0.481. The van der Waals surface area contributed by atoms with Crippen molar-refractivity contribution in [2.75, 3.05) is 20.2 Å². The predicted octanol–water partition coefficient (Wildman–Crippen LogP) is 2.24. The molecule has 1 aromatic rings. The van der Waals surface area contributed by atoms with Crippen LogP contribution >= 0.6 is 0 Å². The van der Waals surface area contributed by atoms with Crippen molar-refractivity contribution in [1.29, 1.82) is 0 Å². The molecule has 1 aliphatic heterocycles. The molecule has 2 rings (SSSR count). The zero-order valence-corrected chi connectivity index (χ0v) is 13.5. The van der Waals surface area contributed by atoms with E-state index in [0.717, 1.165) is 12.8 Å². The van der Waals surface area contributed by atoms with Gasteiger partial charge >= 0.3 is 12.1 Å². The molecule has 1 fully saturated rings. The monoisotopic (exact) mass is 309 g/mol. The molecule has 1 aromatic heterocycles. The predicted molar refractivity (Wildman–Crippen MR) is 79.6 cm³/mol. The number of carbonyl (C=O) groups excluding carboxylic acids is 2. The van der Waals surface area contributed by atoms with Crippen molar-refractivity contribution in [2.45, 2.75) is 45.3 Å². The Labute approximate surface area is 130 Å². The lowest BCUT2D eigenvalue weighted by molar-refractivity contribution is 0.0185. The van der Waals surface area contributed by atoms with Crippen LogP contribution in [-0.4, -0.2) is 52.5 Å². The largest absolute Gasteiger partial charge is 0.464 e. The van der Waals surface area contributed by atoms with Crippen molar-refractivity contribution < 1.29 is 19.1 Å². The number of methoxy groups -OCH3 is 1. The van der Waals surface area contributed by atoms with Crippen LogP contribution in [0.25, 0.3) is 0 Å². The van der Waals surface area contributed by atoms with Crippen molar-refractivity contribution in [3.8, 4) is 0 Å². The number of rotatable bonds is 2. The number of esters is 1. The van der Waals surface area contributed by atoms with E-state index >= 15 is 0 Å². The highest BCUT2D eigenvalue weighted by atomic mass is 16.6. The number of piperidine rings is 1. The van der Waals surface area contributed by atoms with Crippen LogP contribution in [0, 0.1) is 0 Å². The molecule has 0 spiro atoms. The SMILES string of the molecule is COC(=O)c1ccn(C2CCN(C(=O)OC(C)(C)C)CC2)n1. The van der Waals surface area contributed by atoms with Crippen molar-refractivity contribution in [3.63, 3.8) is 0 Å². The molecule has 2 heterocycles. The molecular weight excluding hydrogens is 286 g/mol. The highest BCUT2D eigenvalue weighted by molar-refractivity contribution is 5.86. The van der Waals surface area contributed by atoms with Crippen molar-refractivity contribution in [2.24, 2.45) is 0 Å². The molecule has 0 aromatic carbocycles. The summed E-state index contributed by atoms with van der Waals surface area (Å²) in [5, 5.41) is 4.24. The van der Waals surface area contributed by atoms with Crippen LogP contribution in [0.2, 0.25) is 0 Å². The molecular formula is C15H23N3O4. The lowest BCUT2D eigenvalue weighted by Crippen LogP contribution is -2.42. The van der Waals surface area contributed by atoms with E-state index in [2.05, 4.69) is 9.84 Å². The van der Waals surface area contributed by atoms with E-state index in [1.165, 1.54) is 7.11 Å². The molecule has 0 saturated carbocycles. The quantitative estimate of drug-likeness (QED) is 0.783. The van der Waals surface area contributed by atoms with Gasteiger partial charge in [0.2, 0.25) is 0 Å². The van der Waals surface area contributed by atoms with E-state index in [1.54, 1.807) is 21.8 Å². The third-order valence-electron chi connectivity index (χ3n) is 3.49. The third-order valence-corrected chi connectivity index (χ3v) is 3.49. The minimum Gasteiger partial charge on any atom is -0.464 e. The summed E-state index contributed by atoms with van der Waals surface area (Å²) in [5.74, 6) is -0.440. The van der Waals surface area contributed by atoms with Crippen molar-refractivity contribution >= 4 is 12.1 Å². The maximum absolute atomic E-state index is 12.0. The van der Waals surface area contributed by atoms with Gasteiger partial charge in [0.15, 0.2) is 5.69 Å². The molecule has 0 bridgehead atoms. The van der Waals surface area contributed by atoms with Gasteiger partial charge in [0.05, 0.1) is 13.2 Å². The number of nitrogens with zero attached hydrogens (tertiary/aromatic N) is 3. The van der Waals surface area contributed by atoms with Gasteiger partial charge < -0.3 is 14.4 Å². The summed E-state index contributed by atoms with van der Waals surface area (Å²) in [6.07, 6.45) is 3.06. The minimum absolute atomic E-state index is 0.178. The number of likely N-dealkylation sites (tertiary alicyclic amines) is 1. The first-order valence-corrected chi connectivity index (χ1v) is 7.41. The summed E-state index contributed by atoms with van der Waals surface area (Å²) < 4.78 is 11.8.